The van der Waals surface area contributed by atoms with Gasteiger partial charge in [0.1, 0.15) is 5.01 Å². The monoisotopic (exact) mass is 274 g/mol. The summed E-state index contributed by atoms with van der Waals surface area (Å²) in [5, 5.41) is 6.82. The summed E-state index contributed by atoms with van der Waals surface area (Å²) >= 11 is 1.72. The fraction of sp³-hybridized carbons (Fsp3) is 0.438. The molecule has 2 rings (SSSR count). The van der Waals surface area contributed by atoms with Crippen LogP contribution in [-0.2, 0) is 0 Å². The maximum Gasteiger partial charge on any atom is 0.114 e. The molecule has 0 aliphatic carbocycles. The number of hydrogen-bond donors (Lipinski definition) is 1. The third-order valence-corrected chi connectivity index (χ3v) is 4.33. The number of nitrogens with one attached hydrogen (secondary N) is 1. The van der Waals surface area contributed by atoms with Crippen molar-refractivity contribution in [3.63, 3.8) is 0 Å². The van der Waals surface area contributed by atoms with Crippen LogP contribution in [0.4, 0.5) is 0 Å². The van der Waals surface area contributed by atoms with Crippen LogP contribution in [0.1, 0.15) is 46.6 Å². The lowest BCUT2D eigenvalue weighted by molar-refractivity contribution is 0.593. The van der Waals surface area contributed by atoms with Crippen molar-refractivity contribution in [2.75, 3.05) is 6.54 Å². The van der Waals surface area contributed by atoms with Gasteiger partial charge in [0.2, 0.25) is 0 Å². The molecule has 0 aliphatic heterocycles. The second kappa shape index (κ2) is 6.31. The van der Waals surface area contributed by atoms with E-state index in [0.717, 1.165) is 18.0 Å². The molecule has 0 spiro atoms. The van der Waals surface area contributed by atoms with Gasteiger partial charge < -0.3 is 5.32 Å². The van der Waals surface area contributed by atoms with Gasteiger partial charge in [-0.2, -0.15) is 0 Å². The van der Waals surface area contributed by atoms with Crippen LogP contribution in [0.5, 0.6) is 0 Å². The van der Waals surface area contributed by atoms with Gasteiger partial charge in [-0.1, -0.05) is 19.1 Å². The number of nitrogens with zero attached hydrogens (tertiary/aromatic N) is 1. The van der Waals surface area contributed by atoms with Crippen LogP contribution in [-0.4, -0.2) is 11.5 Å². The van der Waals surface area contributed by atoms with Crippen molar-refractivity contribution in [2.24, 2.45) is 0 Å². The third-order valence-electron chi connectivity index (χ3n) is 3.49. The molecule has 1 heterocycles. The Hall–Kier alpha value is -1.19. The van der Waals surface area contributed by atoms with Gasteiger partial charge in [-0.15, -0.1) is 11.3 Å². The van der Waals surface area contributed by atoms with Crippen LogP contribution in [0, 0.1) is 20.8 Å². The Labute approximate surface area is 119 Å². The smallest absolute Gasteiger partial charge is 0.114 e. The van der Waals surface area contributed by atoms with E-state index in [1.165, 1.54) is 22.3 Å². The topological polar surface area (TPSA) is 24.9 Å². The molecule has 1 aromatic carbocycles. The molecule has 0 amide bonds. The van der Waals surface area contributed by atoms with Crippen molar-refractivity contribution in [3.8, 4) is 0 Å². The first-order valence-electron chi connectivity index (χ1n) is 6.84. The van der Waals surface area contributed by atoms with Gasteiger partial charge in [0, 0.05) is 11.6 Å². The molecule has 19 heavy (non-hydrogen) atoms. The Morgan fingerprint density at radius 1 is 1.16 bits per heavy atom. The van der Waals surface area contributed by atoms with E-state index in [1.54, 1.807) is 11.3 Å². The van der Waals surface area contributed by atoms with Gasteiger partial charge >= 0.3 is 0 Å². The minimum absolute atomic E-state index is 0.222. The zero-order chi connectivity index (χ0) is 13.8. The standard InChI is InChI=1S/C16H22N2S/c1-5-6-17-15(16-18-7-8-19-16)14-10-12(3)11(2)9-13(14)4/h7-10,15,17H,5-6H2,1-4H3. The van der Waals surface area contributed by atoms with Crippen molar-refractivity contribution in [1.29, 1.82) is 0 Å². The number of rotatable bonds is 5. The average molecular weight is 274 g/mol. The van der Waals surface area contributed by atoms with E-state index in [9.17, 15) is 0 Å². The molecule has 2 nitrogen and oxygen atoms in total. The second-order valence-corrected chi connectivity index (χ2v) is 5.98. The van der Waals surface area contributed by atoms with Crippen molar-refractivity contribution >= 4 is 11.3 Å². The van der Waals surface area contributed by atoms with Crippen LogP contribution in [0.25, 0.3) is 0 Å². The molecule has 0 saturated heterocycles. The molecule has 1 atom stereocenters. The number of aryl methyl sites for hydroxylation is 3. The summed E-state index contributed by atoms with van der Waals surface area (Å²) in [5.74, 6) is 0. The number of hydrogen-bond acceptors (Lipinski definition) is 3. The van der Waals surface area contributed by atoms with Crippen LogP contribution >= 0.6 is 11.3 Å². The Morgan fingerprint density at radius 3 is 2.53 bits per heavy atom. The van der Waals surface area contributed by atoms with Crippen LogP contribution in [0.2, 0.25) is 0 Å². The highest BCUT2D eigenvalue weighted by molar-refractivity contribution is 7.09. The minimum atomic E-state index is 0.222. The fourth-order valence-electron chi connectivity index (χ4n) is 2.29. The lowest BCUT2D eigenvalue weighted by Crippen LogP contribution is -2.24. The molecule has 3 heteroatoms. The van der Waals surface area contributed by atoms with Gasteiger partial charge in [0.05, 0.1) is 6.04 Å². The van der Waals surface area contributed by atoms with E-state index in [4.69, 9.17) is 0 Å². The summed E-state index contributed by atoms with van der Waals surface area (Å²) in [7, 11) is 0. The highest BCUT2D eigenvalue weighted by Gasteiger charge is 2.18. The summed E-state index contributed by atoms with van der Waals surface area (Å²) in [6, 6.07) is 4.80. The van der Waals surface area contributed by atoms with E-state index < -0.39 is 0 Å². The zero-order valence-corrected chi connectivity index (χ0v) is 13.0. The summed E-state index contributed by atoms with van der Waals surface area (Å²) in [6.07, 6.45) is 3.02. The summed E-state index contributed by atoms with van der Waals surface area (Å²) in [6.45, 7) is 9.74. The predicted molar refractivity (Wildman–Crippen MR) is 82.9 cm³/mol. The van der Waals surface area contributed by atoms with Gasteiger partial charge in [0.15, 0.2) is 0 Å². The number of benzene rings is 1. The summed E-state index contributed by atoms with van der Waals surface area (Å²) in [4.78, 5) is 4.50. The largest absolute Gasteiger partial charge is 0.304 e. The van der Waals surface area contributed by atoms with E-state index in [1.807, 2.05) is 11.6 Å². The van der Waals surface area contributed by atoms with Crippen LogP contribution in [0.3, 0.4) is 0 Å². The highest BCUT2D eigenvalue weighted by atomic mass is 32.1. The first-order chi connectivity index (χ1) is 9.13. The molecule has 0 fully saturated rings. The molecule has 102 valence electrons. The Morgan fingerprint density at radius 2 is 1.89 bits per heavy atom. The van der Waals surface area contributed by atoms with Crippen molar-refractivity contribution < 1.29 is 0 Å². The maximum absolute atomic E-state index is 4.50. The average Bonchev–Trinajstić information content (AvgIpc) is 2.89. The van der Waals surface area contributed by atoms with E-state index in [0.29, 0.717) is 0 Å². The first-order valence-corrected chi connectivity index (χ1v) is 7.72. The molecule has 1 unspecified atom stereocenters. The Kier molecular flexibility index (Phi) is 4.72. The molecular weight excluding hydrogens is 252 g/mol. The van der Waals surface area contributed by atoms with Gasteiger partial charge in [-0.25, -0.2) is 4.98 Å². The van der Waals surface area contributed by atoms with Crippen LogP contribution < -0.4 is 5.32 Å². The normalized spacial score (nSPS) is 12.6. The number of aromatic nitrogens is 1. The Bertz CT molecular complexity index is 532. The van der Waals surface area contributed by atoms with E-state index >= 15 is 0 Å². The molecule has 0 saturated carbocycles. The molecule has 0 aliphatic rings. The zero-order valence-electron chi connectivity index (χ0n) is 12.2. The lowest BCUT2D eigenvalue weighted by atomic mass is 9.96. The lowest BCUT2D eigenvalue weighted by Gasteiger charge is -2.20. The Balaban J connectivity index is 2.40. The van der Waals surface area contributed by atoms with Gasteiger partial charge in [-0.3, -0.25) is 0 Å². The maximum atomic E-state index is 4.50. The minimum Gasteiger partial charge on any atom is -0.304 e. The highest BCUT2D eigenvalue weighted by Crippen LogP contribution is 2.28. The van der Waals surface area contributed by atoms with E-state index in [2.05, 4.69) is 50.1 Å². The van der Waals surface area contributed by atoms with Crippen molar-refractivity contribution in [1.82, 2.24) is 10.3 Å². The quantitative estimate of drug-likeness (QED) is 0.885. The molecule has 0 bridgehead atoms. The number of thiazole rings is 1. The predicted octanol–water partition coefficient (Wildman–Crippen LogP) is 4.16. The van der Waals surface area contributed by atoms with E-state index in [-0.39, 0.29) is 6.04 Å². The molecule has 1 N–H and O–H groups in total. The van der Waals surface area contributed by atoms with Crippen LogP contribution in [0.15, 0.2) is 23.7 Å². The summed E-state index contributed by atoms with van der Waals surface area (Å²) in [5.41, 5.74) is 5.40. The fourth-order valence-corrected chi connectivity index (χ4v) is 3.02. The molecule has 2 aromatic rings. The third kappa shape index (κ3) is 3.23. The molecule has 1 aromatic heterocycles. The summed E-state index contributed by atoms with van der Waals surface area (Å²) < 4.78 is 0. The molecular formula is C16H22N2S. The second-order valence-electron chi connectivity index (χ2n) is 5.05. The van der Waals surface area contributed by atoms with Gasteiger partial charge in [-0.05, 0) is 56.0 Å². The molecule has 0 radical (unpaired) electrons. The van der Waals surface area contributed by atoms with Gasteiger partial charge in [0.25, 0.3) is 0 Å². The van der Waals surface area contributed by atoms with Crippen molar-refractivity contribution in [2.45, 2.75) is 40.2 Å². The SMILES string of the molecule is CCCNC(c1nccs1)c1cc(C)c(C)cc1C. The van der Waals surface area contributed by atoms with Crippen molar-refractivity contribution in [3.05, 3.63) is 51.0 Å². The first kappa shape index (κ1) is 14.2.